The maximum atomic E-state index is 12.2. The van der Waals surface area contributed by atoms with Crippen LogP contribution >= 0.6 is 0 Å². The first-order valence-electron chi connectivity index (χ1n) is 9.64. The SMILES string of the molecule is CC(C)N1CCC1COc1cncc(-n2cc(CCCCC(F)(F)F)nn2)c1. The van der Waals surface area contributed by atoms with Crippen molar-refractivity contribution >= 4 is 0 Å². The number of unbranched alkanes of at least 4 members (excludes halogenated alkanes) is 1. The summed E-state index contributed by atoms with van der Waals surface area (Å²) in [6.07, 6.45) is 2.28. The molecule has 2 aromatic heterocycles. The van der Waals surface area contributed by atoms with Gasteiger partial charge < -0.3 is 4.74 Å². The van der Waals surface area contributed by atoms with Gasteiger partial charge in [-0.3, -0.25) is 9.88 Å². The Morgan fingerprint density at radius 1 is 1.25 bits per heavy atom. The van der Waals surface area contributed by atoms with E-state index >= 15 is 0 Å². The van der Waals surface area contributed by atoms with E-state index in [0.717, 1.165) is 13.0 Å². The topological polar surface area (TPSA) is 56.1 Å². The standard InChI is InChI=1S/C19H26F3N5O/c1-14(2)26-8-6-16(26)13-28-18-9-17(10-23-11-18)27-12-15(24-25-27)5-3-4-7-19(20,21)22/h9-12,14,16H,3-8,13H2,1-2H3. The zero-order valence-electron chi connectivity index (χ0n) is 16.2. The van der Waals surface area contributed by atoms with Gasteiger partial charge in [0.25, 0.3) is 0 Å². The summed E-state index contributed by atoms with van der Waals surface area (Å²) in [5.41, 5.74) is 1.37. The van der Waals surface area contributed by atoms with E-state index in [0.29, 0.717) is 48.7 Å². The summed E-state index contributed by atoms with van der Waals surface area (Å²) >= 11 is 0. The number of ether oxygens (including phenoxy) is 1. The van der Waals surface area contributed by atoms with Crippen LogP contribution in [0.25, 0.3) is 5.69 Å². The first-order chi connectivity index (χ1) is 13.3. The second kappa shape index (κ2) is 8.89. The van der Waals surface area contributed by atoms with Gasteiger partial charge in [-0.2, -0.15) is 13.2 Å². The van der Waals surface area contributed by atoms with E-state index in [-0.39, 0.29) is 6.42 Å². The molecule has 3 heterocycles. The number of aryl methyl sites for hydroxylation is 1. The Bertz CT molecular complexity index is 762. The third-order valence-electron chi connectivity index (χ3n) is 4.94. The zero-order valence-corrected chi connectivity index (χ0v) is 16.2. The molecule has 0 amide bonds. The Balaban J connectivity index is 1.52. The summed E-state index contributed by atoms with van der Waals surface area (Å²) in [4.78, 5) is 6.60. The molecule has 154 valence electrons. The number of rotatable bonds is 9. The maximum Gasteiger partial charge on any atom is 0.389 e. The lowest BCUT2D eigenvalue weighted by Gasteiger charge is -2.43. The van der Waals surface area contributed by atoms with Crippen LogP contribution in [0.1, 0.15) is 45.2 Å². The average molecular weight is 397 g/mol. The molecular formula is C19H26F3N5O. The fourth-order valence-electron chi connectivity index (χ4n) is 3.29. The van der Waals surface area contributed by atoms with Crippen LogP contribution in [-0.2, 0) is 6.42 Å². The minimum atomic E-state index is -4.10. The maximum absolute atomic E-state index is 12.2. The lowest BCUT2D eigenvalue weighted by molar-refractivity contribution is -0.135. The highest BCUT2D eigenvalue weighted by atomic mass is 19.4. The van der Waals surface area contributed by atoms with Crippen molar-refractivity contribution in [2.75, 3.05) is 13.2 Å². The van der Waals surface area contributed by atoms with Crippen LogP contribution in [0.3, 0.4) is 0 Å². The first kappa shape index (κ1) is 20.6. The molecule has 28 heavy (non-hydrogen) atoms. The lowest BCUT2D eigenvalue weighted by Crippen LogP contribution is -2.54. The smallest absolute Gasteiger partial charge is 0.389 e. The van der Waals surface area contributed by atoms with E-state index in [1.54, 1.807) is 23.3 Å². The van der Waals surface area contributed by atoms with Crippen molar-refractivity contribution < 1.29 is 17.9 Å². The Kier molecular flexibility index (Phi) is 6.53. The van der Waals surface area contributed by atoms with Crippen molar-refractivity contribution in [2.24, 2.45) is 0 Å². The molecule has 0 aliphatic carbocycles. The molecule has 0 saturated carbocycles. The van der Waals surface area contributed by atoms with E-state index in [9.17, 15) is 13.2 Å². The van der Waals surface area contributed by atoms with Gasteiger partial charge in [-0.05, 0) is 39.5 Å². The quantitative estimate of drug-likeness (QED) is 0.603. The minimum Gasteiger partial charge on any atom is -0.490 e. The summed E-state index contributed by atoms with van der Waals surface area (Å²) in [7, 11) is 0. The molecule has 0 aromatic carbocycles. The minimum absolute atomic E-state index is 0.0931. The van der Waals surface area contributed by atoms with Crippen LogP contribution in [0.4, 0.5) is 13.2 Å². The molecule has 6 nitrogen and oxygen atoms in total. The Morgan fingerprint density at radius 2 is 2.07 bits per heavy atom. The van der Waals surface area contributed by atoms with Gasteiger partial charge in [-0.15, -0.1) is 5.10 Å². The van der Waals surface area contributed by atoms with Crippen LogP contribution in [0, 0.1) is 0 Å². The van der Waals surface area contributed by atoms with Gasteiger partial charge >= 0.3 is 6.18 Å². The predicted octanol–water partition coefficient (Wildman–Crippen LogP) is 3.80. The van der Waals surface area contributed by atoms with Crippen molar-refractivity contribution in [1.82, 2.24) is 24.9 Å². The van der Waals surface area contributed by atoms with Gasteiger partial charge in [-0.1, -0.05) is 5.21 Å². The molecule has 1 atom stereocenters. The summed E-state index contributed by atoms with van der Waals surface area (Å²) in [5.74, 6) is 0.662. The van der Waals surface area contributed by atoms with Crippen LogP contribution < -0.4 is 4.74 Å². The molecule has 1 fully saturated rings. The second-order valence-corrected chi connectivity index (χ2v) is 7.44. The molecule has 3 rings (SSSR count). The van der Waals surface area contributed by atoms with E-state index in [1.165, 1.54) is 0 Å². The van der Waals surface area contributed by atoms with Crippen molar-refractivity contribution in [3.63, 3.8) is 0 Å². The highest BCUT2D eigenvalue weighted by Gasteiger charge is 2.30. The number of alkyl halides is 3. The third kappa shape index (κ3) is 5.67. The van der Waals surface area contributed by atoms with Crippen molar-refractivity contribution in [1.29, 1.82) is 0 Å². The van der Waals surface area contributed by atoms with Gasteiger partial charge in [0.05, 0.1) is 30.0 Å². The number of likely N-dealkylation sites (tertiary alicyclic amines) is 1. The highest BCUT2D eigenvalue weighted by Crippen LogP contribution is 2.24. The number of aromatic nitrogens is 4. The number of nitrogens with zero attached hydrogens (tertiary/aromatic N) is 5. The molecule has 1 saturated heterocycles. The molecular weight excluding hydrogens is 371 g/mol. The molecule has 1 aliphatic heterocycles. The fourth-order valence-corrected chi connectivity index (χ4v) is 3.29. The van der Waals surface area contributed by atoms with Crippen LogP contribution in [0.2, 0.25) is 0 Å². The van der Waals surface area contributed by atoms with E-state index < -0.39 is 12.6 Å². The largest absolute Gasteiger partial charge is 0.490 e. The first-order valence-corrected chi connectivity index (χ1v) is 9.64. The highest BCUT2D eigenvalue weighted by molar-refractivity contribution is 5.34. The predicted molar refractivity (Wildman–Crippen MR) is 98.5 cm³/mol. The molecule has 1 unspecified atom stereocenters. The monoisotopic (exact) mass is 397 g/mol. The molecule has 1 aliphatic rings. The normalized spacial score (nSPS) is 17.7. The van der Waals surface area contributed by atoms with Crippen LogP contribution in [0.15, 0.2) is 24.7 Å². The zero-order chi connectivity index (χ0) is 20.1. The molecule has 0 radical (unpaired) electrons. The van der Waals surface area contributed by atoms with Crippen molar-refractivity contribution in [3.8, 4) is 11.4 Å². The fraction of sp³-hybridized carbons (Fsp3) is 0.632. The number of hydrogen-bond acceptors (Lipinski definition) is 5. The number of pyridine rings is 1. The second-order valence-electron chi connectivity index (χ2n) is 7.44. The van der Waals surface area contributed by atoms with Crippen molar-refractivity contribution in [3.05, 3.63) is 30.4 Å². The number of halogens is 3. The Hall–Kier alpha value is -2.16. The van der Waals surface area contributed by atoms with Gasteiger partial charge in [0.15, 0.2) is 0 Å². The van der Waals surface area contributed by atoms with Gasteiger partial charge in [0.1, 0.15) is 12.4 Å². The summed E-state index contributed by atoms with van der Waals surface area (Å²) in [6, 6.07) is 2.78. The Morgan fingerprint density at radius 3 is 2.75 bits per heavy atom. The third-order valence-corrected chi connectivity index (χ3v) is 4.94. The van der Waals surface area contributed by atoms with Crippen LogP contribution in [0.5, 0.6) is 5.75 Å². The molecule has 2 aromatic rings. The summed E-state index contributed by atoms with van der Waals surface area (Å²) in [5, 5.41) is 8.09. The van der Waals surface area contributed by atoms with Crippen LogP contribution in [-0.4, -0.2) is 56.3 Å². The average Bonchev–Trinajstić information content (AvgIpc) is 3.06. The lowest BCUT2D eigenvalue weighted by atomic mass is 10.0. The van der Waals surface area contributed by atoms with E-state index in [1.807, 2.05) is 6.07 Å². The summed E-state index contributed by atoms with van der Waals surface area (Å²) in [6.45, 7) is 6.08. The Labute approximate surface area is 162 Å². The summed E-state index contributed by atoms with van der Waals surface area (Å²) < 4.78 is 44.0. The van der Waals surface area contributed by atoms with E-state index in [2.05, 4.69) is 34.0 Å². The molecule has 9 heteroatoms. The molecule has 0 spiro atoms. The molecule has 0 N–H and O–H groups in total. The van der Waals surface area contributed by atoms with E-state index in [4.69, 9.17) is 4.74 Å². The van der Waals surface area contributed by atoms with Gasteiger partial charge in [0.2, 0.25) is 0 Å². The van der Waals surface area contributed by atoms with Crippen molar-refractivity contribution in [2.45, 2.75) is 64.2 Å². The van der Waals surface area contributed by atoms with Gasteiger partial charge in [-0.25, -0.2) is 4.68 Å². The van der Waals surface area contributed by atoms with Gasteiger partial charge in [0, 0.05) is 31.1 Å². The molecule has 0 bridgehead atoms. The number of hydrogen-bond donors (Lipinski definition) is 0.